The van der Waals surface area contributed by atoms with Gasteiger partial charge in [-0.2, -0.15) is 0 Å². The lowest BCUT2D eigenvalue weighted by atomic mass is 9.66. The molecule has 0 N–H and O–H groups in total. The van der Waals surface area contributed by atoms with Crippen LogP contribution >= 0.6 is 0 Å². The molecule has 1 aliphatic carbocycles. The van der Waals surface area contributed by atoms with E-state index in [0.717, 1.165) is 5.92 Å². The van der Waals surface area contributed by atoms with E-state index in [1.54, 1.807) is 11.1 Å². The fraction of sp³-hybridized carbons (Fsp3) is 0.600. The van der Waals surface area contributed by atoms with Crippen molar-refractivity contribution in [2.75, 3.05) is 0 Å². The van der Waals surface area contributed by atoms with E-state index in [1.807, 2.05) is 0 Å². The van der Waals surface area contributed by atoms with Crippen LogP contribution in [-0.4, -0.2) is 0 Å². The molecule has 0 heterocycles. The van der Waals surface area contributed by atoms with Gasteiger partial charge >= 0.3 is 0 Å². The van der Waals surface area contributed by atoms with Crippen LogP contribution in [0.5, 0.6) is 0 Å². The Balaban J connectivity index is 2.55. The van der Waals surface area contributed by atoms with Crippen molar-refractivity contribution in [3.63, 3.8) is 0 Å². The number of benzene rings is 1. The van der Waals surface area contributed by atoms with Gasteiger partial charge in [0.25, 0.3) is 0 Å². The zero-order valence-corrected chi connectivity index (χ0v) is 10.4. The van der Waals surface area contributed by atoms with Gasteiger partial charge in [0.1, 0.15) is 0 Å². The summed E-state index contributed by atoms with van der Waals surface area (Å²) < 4.78 is 0. The molecular weight excluding hydrogens is 180 g/mol. The quantitative estimate of drug-likeness (QED) is 0.626. The average Bonchev–Trinajstić information content (AvgIpc) is 2.24. The Kier molecular flexibility index (Phi) is 2.62. The molecule has 0 fully saturated rings. The number of rotatable bonds is 1. The largest absolute Gasteiger partial charge is 0.0645 e. The van der Waals surface area contributed by atoms with Gasteiger partial charge < -0.3 is 0 Å². The van der Waals surface area contributed by atoms with Crippen molar-refractivity contribution >= 4 is 0 Å². The zero-order chi connectivity index (χ0) is 11.1. The lowest BCUT2D eigenvalue weighted by molar-refractivity contribution is 0.359. The highest BCUT2D eigenvalue weighted by Gasteiger charge is 2.32. The minimum atomic E-state index is 0.426. The van der Waals surface area contributed by atoms with Crippen LogP contribution in [0.4, 0.5) is 0 Å². The molecule has 0 aromatic heterocycles. The predicted molar refractivity (Wildman–Crippen MR) is 66.5 cm³/mol. The second-order valence-corrected chi connectivity index (χ2v) is 5.44. The van der Waals surface area contributed by atoms with Gasteiger partial charge in [-0.3, -0.25) is 0 Å². The van der Waals surface area contributed by atoms with Crippen LogP contribution in [-0.2, 0) is 5.41 Å². The van der Waals surface area contributed by atoms with Crippen LogP contribution in [0.15, 0.2) is 18.2 Å². The molecule has 1 aromatic rings. The summed E-state index contributed by atoms with van der Waals surface area (Å²) >= 11 is 0. The molecule has 0 aliphatic heterocycles. The highest BCUT2D eigenvalue weighted by Crippen LogP contribution is 2.44. The van der Waals surface area contributed by atoms with Gasteiger partial charge in [0, 0.05) is 0 Å². The van der Waals surface area contributed by atoms with Gasteiger partial charge in [0.2, 0.25) is 0 Å². The zero-order valence-electron chi connectivity index (χ0n) is 10.4. The van der Waals surface area contributed by atoms with E-state index < -0.39 is 0 Å². The van der Waals surface area contributed by atoms with Gasteiger partial charge in [-0.05, 0) is 48.6 Å². The van der Waals surface area contributed by atoms with Crippen LogP contribution < -0.4 is 0 Å². The molecule has 0 spiro atoms. The Morgan fingerprint density at radius 3 is 2.80 bits per heavy atom. The van der Waals surface area contributed by atoms with Gasteiger partial charge in [0.15, 0.2) is 0 Å². The minimum Gasteiger partial charge on any atom is -0.0645 e. The topological polar surface area (TPSA) is 0 Å². The number of hydrogen-bond acceptors (Lipinski definition) is 0. The summed E-state index contributed by atoms with van der Waals surface area (Å²) in [5, 5.41) is 0. The maximum Gasteiger partial charge on any atom is -0.00748 e. The summed E-state index contributed by atoms with van der Waals surface area (Å²) in [6.45, 7) is 9.31. The third kappa shape index (κ3) is 1.71. The van der Waals surface area contributed by atoms with Gasteiger partial charge in [0.05, 0.1) is 0 Å². The molecule has 0 saturated carbocycles. The van der Waals surface area contributed by atoms with Crippen LogP contribution in [0.25, 0.3) is 0 Å². The summed E-state index contributed by atoms with van der Waals surface area (Å²) in [5.41, 5.74) is 5.04. The highest BCUT2D eigenvalue weighted by atomic mass is 14.4. The molecule has 82 valence electrons. The van der Waals surface area contributed by atoms with Crippen LogP contribution in [0, 0.1) is 6.92 Å². The summed E-state index contributed by atoms with van der Waals surface area (Å²) in [4.78, 5) is 0. The summed E-state index contributed by atoms with van der Waals surface area (Å²) in [5.74, 6) is 0.750. The van der Waals surface area contributed by atoms with Crippen molar-refractivity contribution in [1.82, 2.24) is 0 Å². The van der Waals surface area contributed by atoms with E-state index in [2.05, 4.69) is 45.9 Å². The highest BCUT2D eigenvalue weighted by molar-refractivity contribution is 5.41. The van der Waals surface area contributed by atoms with Crippen molar-refractivity contribution in [1.29, 1.82) is 0 Å². The van der Waals surface area contributed by atoms with E-state index in [0.29, 0.717) is 5.41 Å². The summed E-state index contributed by atoms with van der Waals surface area (Å²) in [6.07, 6.45) is 3.96. The smallest absolute Gasteiger partial charge is 0.00748 e. The Morgan fingerprint density at radius 1 is 1.40 bits per heavy atom. The molecule has 0 nitrogen and oxygen atoms in total. The lowest BCUT2D eigenvalue weighted by Crippen LogP contribution is -2.28. The molecule has 0 heteroatoms. The van der Waals surface area contributed by atoms with Gasteiger partial charge in [-0.1, -0.05) is 44.5 Å². The van der Waals surface area contributed by atoms with E-state index >= 15 is 0 Å². The Morgan fingerprint density at radius 2 is 2.13 bits per heavy atom. The Bertz CT molecular complexity index is 364. The second-order valence-electron chi connectivity index (χ2n) is 5.44. The Labute approximate surface area is 93.7 Å². The van der Waals surface area contributed by atoms with Crippen molar-refractivity contribution in [3.8, 4) is 0 Å². The molecule has 15 heavy (non-hydrogen) atoms. The number of aryl methyl sites for hydroxylation is 1. The first-order valence-electron chi connectivity index (χ1n) is 6.18. The fourth-order valence-corrected chi connectivity index (χ4v) is 2.83. The van der Waals surface area contributed by atoms with Crippen molar-refractivity contribution in [2.24, 2.45) is 0 Å². The van der Waals surface area contributed by atoms with E-state index in [-0.39, 0.29) is 0 Å². The van der Waals surface area contributed by atoms with Gasteiger partial charge in [-0.25, -0.2) is 0 Å². The van der Waals surface area contributed by atoms with Gasteiger partial charge in [-0.15, -0.1) is 0 Å². The van der Waals surface area contributed by atoms with Crippen LogP contribution in [0.1, 0.15) is 62.6 Å². The molecule has 2 rings (SSSR count). The third-order valence-corrected chi connectivity index (χ3v) is 4.30. The minimum absolute atomic E-state index is 0.426. The molecule has 1 aliphatic rings. The molecular formula is C15H22. The standard InChI is InChI=1S/C15H22/c1-5-15(4)9-8-12(3)13-10-11(2)6-7-14(13)15/h6-7,10,12H,5,8-9H2,1-4H3. The van der Waals surface area contributed by atoms with Crippen LogP contribution in [0.3, 0.4) is 0 Å². The molecule has 0 radical (unpaired) electrons. The van der Waals surface area contributed by atoms with Crippen molar-refractivity contribution in [2.45, 2.75) is 58.3 Å². The fourth-order valence-electron chi connectivity index (χ4n) is 2.83. The third-order valence-electron chi connectivity index (χ3n) is 4.30. The monoisotopic (exact) mass is 202 g/mol. The predicted octanol–water partition coefficient (Wildman–Crippen LogP) is 4.56. The molecule has 1 aromatic carbocycles. The molecule has 0 amide bonds. The second kappa shape index (κ2) is 3.66. The first kappa shape index (κ1) is 10.7. The average molecular weight is 202 g/mol. The van der Waals surface area contributed by atoms with E-state index in [9.17, 15) is 0 Å². The SMILES string of the molecule is CCC1(C)CCC(C)c2cc(C)ccc21. The van der Waals surface area contributed by atoms with Crippen molar-refractivity contribution < 1.29 is 0 Å². The molecule has 2 atom stereocenters. The molecule has 2 unspecified atom stereocenters. The maximum absolute atomic E-state index is 2.42. The summed E-state index contributed by atoms with van der Waals surface area (Å²) in [6, 6.07) is 7.03. The van der Waals surface area contributed by atoms with Crippen molar-refractivity contribution in [3.05, 3.63) is 34.9 Å². The number of fused-ring (bicyclic) bond motifs is 1. The maximum atomic E-state index is 2.42. The normalized spacial score (nSPS) is 30.0. The van der Waals surface area contributed by atoms with E-state index in [1.165, 1.54) is 24.8 Å². The lowest BCUT2D eigenvalue weighted by Gasteiger charge is -2.38. The van der Waals surface area contributed by atoms with Crippen LogP contribution in [0.2, 0.25) is 0 Å². The van der Waals surface area contributed by atoms with E-state index in [4.69, 9.17) is 0 Å². The number of hydrogen-bond donors (Lipinski definition) is 0. The first-order chi connectivity index (χ1) is 7.07. The summed E-state index contributed by atoms with van der Waals surface area (Å²) in [7, 11) is 0. The Hall–Kier alpha value is -0.780. The first-order valence-corrected chi connectivity index (χ1v) is 6.18. The molecule has 0 saturated heterocycles. The molecule has 0 bridgehead atoms.